The lowest BCUT2D eigenvalue weighted by Gasteiger charge is -2.30. The minimum atomic E-state index is 0.362. The molecule has 1 aliphatic carbocycles. The summed E-state index contributed by atoms with van der Waals surface area (Å²) < 4.78 is 0. The Labute approximate surface area is 164 Å². The highest BCUT2D eigenvalue weighted by Gasteiger charge is 2.31. The third-order valence-corrected chi connectivity index (χ3v) is 5.89. The van der Waals surface area contributed by atoms with Crippen LogP contribution in [0.2, 0.25) is 0 Å². The van der Waals surface area contributed by atoms with E-state index in [0.29, 0.717) is 30.1 Å². The van der Waals surface area contributed by atoms with E-state index in [0.717, 1.165) is 29.7 Å². The van der Waals surface area contributed by atoms with Gasteiger partial charge in [0.2, 0.25) is 0 Å². The van der Waals surface area contributed by atoms with Crippen molar-refractivity contribution in [2.24, 2.45) is 0 Å². The molecule has 0 bridgehead atoms. The normalized spacial score (nSPS) is 17.0. The quantitative estimate of drug-likeness (QED) is 0.666. The molecule has 28 heavy (non-hydrogen) atoms. The van der Waals surface area contributed by atoms with Gasteiger partial charge < -0.3 is 4.90 Å². The number of rotatable bonds is 3. The maximum Gasteiger partial charge on any atom is 0.136 e. The smallest absolute Gasteiger partial charge is 0.136 e. The maximum atomic E-state index is 11.7. The van der Waals surface area contributed by atoms with E-state index >= 15 is 0 Å². The number of pyridine rings is 1. The lowest BCUT2D eigenvalue weighted by atomic mass is 9.95. The summed E-state index contributed by atoms with van der Waals surface area (Å²) in [5.41, 5.74) is 6.47. The van der Waals surface area contributed by atoms with Crippen molar-refractivity contribution >= 4 is 22.4 Å². The van der Waals surface area contributed by atoms with Crippen LogP contribution in [-0.4, -0.2) is 23.9 Å². The van der Waals surface area contributed by atoms with Crippen LogP contribution in [0.25, 0.3) is 22.0 Å². The lowest BCUT2D eigenvalue weighted by molar-refractivity contribution is -0.119. The van der Waals surface area contributed by atoms with Crippen LogP contribution in [0.5, 0.6) is 0 Å². The Kier molecular flexibility index (Phi) is 4.09. The molecule has 1 saturated heterocycles. The van der Waals surface area contributed by atoms with Gasteiger partial charge in [0, 0.05) is 36.9 Å². The average Bonchev–Trinajstić information content (AvgIpc) is 3.58. The van der Waals surface area contributed by atoms with E-state index in [1.165, 1.54) is 29.5 Å². The number of aromatic nitrogens is 1. The molecule has 5 rings (SSSR count). The molecule has 0 atom stereocenters. The highest BCUT2D eigenvalue weighted by atomic mass is 16.1. The summed E-state index contributed by atoms with van der Waals surface area (Å²) in [6.45, 7) is 1.59. The molecule has 2 fully saturated rings. The van der Waals surface area contributed by atoms with Gasteiger partial charge in [0.05, 0.1) is 29.0 Å². The predicted octanol–water partition coefficient (Wildman–Crippen LogP) is 4.82. The van der Waals surface area contributed by atoms with Crippen LogP contribution in [-0.2, 0) is 4.79 Å². The Morgan fingerprint density at radius 2 is 1.79 bits per heavy atom. The highest BCUT2D eigenvalue weighted by Crippen LogP contribution is 2.48. The first-order valence-corrected chi connectivity index (χ1v) is 9.93. The molecule has 1 saturated carbocycles. The number of para-hydroxylation sites is 1. The van der Waals surface area contributed by atoms with Crippen LogP contribution in [0.15, 0.2) is 48.7 Å². The Hall–Kier alpha value is -3.19. The van der Waals surface area contributed by atoms with Crippen LogP contribution in [0.4, 0.5) is 5.69 Å². The number of benzene rings is 2. The van der Waals surface area contributed by atoms with Crippen molar-refractivity contribution in [3.63, 3.8) is 0 Å². The number of nitriles is 1. The van der Waals surface area contributed by atoms with Crippen molar-refractivity contribution < 1.29 is 4.79 Å². The van der Waals surface area contributed by atoms with E-state index in [1.807, 2.05) is 30.5 Å². The summed E-state index contributed by atoms with van der Waals surface area (Å²) in [5, 5.41) is 10.3. The number of ketones is 1. The zero-order chi connectivity index (χ0) is 19.1. The van der Waals surface area contributed by atoms with Gasteiger partial charge in [-0.15, -0.1) is 0 Å². The number of Topliss-reactive ketones (excluding diaryl/α,β-unsaturated/α-hetero) is 1. The standard InChI is InChI=1S/C24H21N3O/c25-14-16-4-6-17(7-5-16)20-2-1-3-21-23(18-8-9-18)22(15-26-24(20)21)27-12-10-19(28)11-13-27/h1-7,15,18H,8-13H2. The Morgan fingerprint density at radius 1 is 1.04 bits per heavy atom. The minimum absolute atomic E-state index is 0.362. The van der Waals surface area contributed by atoms with Crippen LogP contribution in [0, 0.1) is 11.3 Å². The third kappa shape index (κ3) is 2.93. The van der Waals surface area contributed by atoms with Crippen molar-refractivity contribution in [2.75, 3.05) is 18.0 Å². The predicted molar refractivity (Wildman–Crippen MR) is 110 cm³/mol. The minimum Gasteiger partial charge on any atom is -0.369 e. The Morgan fingerprint density at radius 3 is 2.46 bits per heavy atom. The number of hydrogen-bond donors (Lipinski definition) is 0. The van der Waals surface area contributed by atoms with Crippen molar-refractivity contribution in [2.45, 2.75) is 31.6 Å². The second-order valence-corrected chi connectivity index (χ2v) is 7.75. The molecule has 0 radical (unpaired) electrons. The summed E-state index contributed by atoms with van der Waals surface area (Å²) in [7, 11) is 0. The van der Waals surface area contributed by atoms with Gasteiger partial charge in [-0.25, -0.2) is 0 Å². The molecule has 2 heterocycles. The van der Waals surface area contributed by atoms with E-state index in [4.69, 9.17) is 10.2 Å². The highest BCUT2D eigenvalue weighted by molar-refractivity contribution is 5.98. The maximum absolute atomic E-state index is 11.7. The van der Waals surface area contributed by atoms with Gasteiger partial charge in [-0.3, -0.25) is 9.78 Å². The second-order valence-electron chi connectivity index (χ2n) is 7.75. The number of carbonyl (C=O) groups excluding carboxylic acids is 1. The molecule has 1 aliphatic heterocycles. The monoisotopic (exact) mass is 367 g/mol. The second kappa shape index (κ2) is 6.76. The van der Waals surface area contributed by atoms with Crippen LogP contribution < -0.4 is 4.90 Å². The number of hydrogen-bond acceptors (Lipinski definition) is 4. The van der Waals surface area contributed by atoms with Gasteiger partial charge in [-0.05, 0) is 42.0 Å². The Bertz CT molecular complexity index is 1100. The number of piperidine rings is 1. The first-order chi connectivity index (χ1) is 13.7. The van der Waals surface area contributed by atoms with Gasteiger partial charge in [0.1, 0.15) is 5.78 Å². The summed E-state index contributed by atoms with van der Waals surface area (Å²) in [6.07, 6.45) is 5.72. The van der Waals surface area contributed by atoms with E-state index < -0.39 is 0 Å². The topological polar surface area (TPSA) is 57.0 Å². The van der Waals surface area contributed by atoms with Gasteiger partial charge in [0.25, 0.3) is 0 Å². The molecule has 0 unspecified atom stereocenters. The van der Waals surface area contributed by atoms with Crippen LogP contribution >= 0.6 is 0 Å². The number of carbonyl (C=O) groups is 1. The summed E-state index contributed by atoms with van der Waals surface area (Å²) in [5.74, 6) is 0.954. The molecule has 0 amide bonds. The molecule has 4 heteroatoms. The van der Waals surface area contributed by atoms with Gasteiger partial charge in [-0.1, -0.05) is 30.3 Å². The molecule has 4 nitrogen and oxygen atoms in total. The molecule has 3 aromatic rings. The zero-order valence-corrected chi connectivity index (χ0v) is 15.7. The van der Waals surface area contributed by atoms with Gasteiger partial charge in [0.15, 0.2) is 0 Å². The van der Waals surface area contributed by atoms with Gasteiger partial charge in [-0.2, -0.15) is 5.26 Å². The van der Waals surface area contributed by atoms with Crippen molar-refractivity contribution in [3.05, 3.63) is 59.8 Å². The van der Waals surface area contributed by atoms with Crippen molar-refractivity contribution in [1.29, 1.82) is 5.26 Å². The van der Waals surface area contributed by atoms with E-state index in [-0.39, 0.29) is 0 Å². The average molecular weight is 367 g/mol. The molecule has 0 spiro atoms. The lowest BCUT2D eigenvalue weighted by Crippen LogP contribution is -2.34. The van der Waals surface area contributed by atoms with E-state index in [9.17, 15) is 4.79 Å². The fraction of sp³-hybridized carbons (Fsp3) is 0.292. The first-order valence-electron chi connectivity index (χ1n) is 9.93. The number of anilines is 1. The molecular weight excluding hydrogens is 346 g/mol. The van der Waals surface area contributed by atoms with Crippen molar-refractivity contribution in [1.82, 2.24) is 4.98 Å². The third-order valence-electron chi connectivity index (χ3n) is 5.89. The molecule has 138 valence electrons. The molecule has 2 aliphatic rings. The van der Waals surface area contributed by atoms with E-state index in [1.54, 1.807) is 0 Å². The summed E-state index contributed by atoms with van der Waals surface area (Å²) >= 11 is 0. The SMILES string of the molecule is N#Cc1ccc(-c2cccc3c(C4CC4)c(N4CCC(=O)CC4)cnc23)cc1. The molecule has 2 aromatic carbocycles. The molecule has 0 N–H and O–H groups in total. The Balaban J connectivity index is 1.64. The first kappa shape index (κ1) is 16.9. The van der Waals surface area contributed by atoms with Crippen LogP contribution in [0.3, 0.4) is 0 Å². The fourth-order valence-electron chi connectivity index (χ4n) is 4.24. The number of nitrogens with zero attached hydrogens (tertiary/aromatic N) is 3. The summed E-state index contributed by atoms with van der Waals surface area (Å²) in [6, 6.07) is 16.3. The van der Waals surface area contributed by atoms with Crippen molar-refractivity contribution in [3.8, 4) is 17.2 Å². The summed E-state index contributed by atoms with van der Waals surface area (Å²) in [4.78, 5) is 18.9. The molecule has 1 aromatic heterocycles. The number of fused-ring (bicyclic) bond motifs is 1. The van der Waals surface area contributed by atoms with E-state index in [2.05, 4.69) is 29.2 Å². The fourth-order valence-corrected chi connectivity index (χ4v) is 4.24. The van der Waals surface area contributed by atoms with Crippen LogP contribution in [0.1, 0.15) is 42.7 Å². The molecular formula is C24H21N3O. The largest absolute Gasteiger partial charge is 0.369 e. The zero-order valence-electron chi connectivity index (χ0n) is 15.7. The van der Waals surface area contributed by atoms with Gasteiger partial charge >= 0.3 is 0 Å².